The number of likely N-dealkylation sites (tertiary alicyclic amines) is 1. The largest absolute Gasteiger partial charge is 0.463 e. The molecule has 0 unspecified atom stereocenters. The number of aromatic nitrogens is 4. The first kappa shape index (κ1) is 13.8. The van der Waals surface area contributed by atoms with Crippen LogP contribution in [0.5, 0.6) is 0 Å². The van der Waals surface area contributed by atoms with Crippen LogP contribution in [0.3, 0.4) is 0 Å². The van der Waals surface area contributed by atoms with Gasteiger partial charge in [-0.1, -0.05) is 0 Å². The predicted molar refractivity (Wildman–Crippen MR) is 82.5 cm³/mol. The molecule has 7 nitrogen and oxygen atoms in total. The van der Waals surface area contributed by atoms with Gasteiger partial charge in [0.05, 0.1) is 18.5 Å². The minimum absolute atomic E-state index is 0.0644. The molecule has 0 aromatic carbocycles. The molecule has 0 saturated carbocycles. The maximum absolute atomic E-state index is 12.8. The number of carbonyl (C=O) groups excluding carboxylic acids is 1. The van der Waals surface area contributed by atoms with E-state index < -0.39 is 0 Å². The summed E-state index contributed by atoms with van der Waals surface area (Å²) < 4.78 is 7.09. The summed E-state index contributed by atoms with van der Waals surface area (Å²) in [5.74, 6) is 0.604. The maximum Gasteiger partial charge on any atom is 0.274 e. The van der Waals surface area contributed by atoms with Crippen LogP contribution >= 0.6 is 0 Å². The van der Waals surface area contributed by atoms with Gasteiger partial charge in [-0.3, -0.25) is 14.6 Å². The summed E-state index contributed by atoms with van der Waals surface area (Å²) in [6.45, 7) is 0.737. The normalized spacial score (nSPS) is 17.8. The number of rotatable bonds is 3. The fourth-order valence-electron chi connectivity index (χ4n) is 3.11. The van der Waals surface area contributed by atoms with Crippen LogP contribution in [0.15, 0.2) is 41.3 Å². The van der Waals surface area contributed by atoms with E-state index in [1.54, 1.807) is 23.1 Å². The van der Waals surface area contributed by atoms with Crippen molar-refractivity contribution in [1.29, 1.82) is 0 Å². The molecule has 3 aromatic heterocycles. The van der Waals surface area contributed by atoms with E-state index in [1.165, 1.54) is 0 Å². The molecule has 4 rings (SSSR count). The molecule has 0 radical (unpaired) electrons. The third-order valence-electron chi connectivity index (χ3n) is 4.21. The van der Waals surface area contributed by atoms with Crippen LogP contribution < -0.4 is 0 Å². The van der Waals surface area contributed by atoms with Crippen LogP contribution in [0.2, 0.25) is 0 Å². The fraction of sp³-hybridized carbons (Fsp3) is 0.312. The van der Waals surface area contributed by atoms with E-state index in [4.69, 9.17) is 4.42 Å². The number of hydrogen-bond donors (Lipinski definition) is 1. The highest BCUT2D eigenvalue weighted by Gasteiger charge is 2.32. The summed E-state index contributed by atoms with van der Waals surface area (Å²) >= 11 is 0. The number of amides is 1. The fourth-order valence-corrected chi connectivity index (χ4v) is 3.11. The second-order valence-electron chi connectivity index (χ2n) is 5.75. The smallest absolute Gasteiger partial charge is 0.274 e. The third kappa shape index (κ3) is 2.44. The van der Waals surface area contributed by atoms with Gasteiger partial charge in [0, 0.05) is 31.4 Å². The number of carbonyl (C=O) groups is 1. The summed E-state index contributed by atoms with van der Waals surface area (Å²) in [6, 6.07) is 5.44. The SMILES string of the molecule is Cn1cc([C@@H]2CCCN2C(=O)c2cc(-c3ccco3)[nH]n2)cn1. The first-order valence-electron chi connectivity index (χ1n) is 7.61. The Kier molecular flexibility index (Phi) is 3.25. The van der Waals surface area contributed by atoms with Gasteiger partial charge in [-0.2, -0.15) is 10.2 Å². The van der Waals surface area contributed by atoms with Crippen LogP contribution in [0.1, 0.15) is 34.9 Å². The Bertz CT molecular complexity index is 817. The zero-order valence-corrected chi connectivity index (χ0v) is 12.8. The molecule has 23 heavy (non-hydrogen) atoms. The first-order valence-corrected chi connectivity index (χ1v) is 7.61. The zero-order valence-electron chi connectivity index (χ0n) is 12.8. The summed E-state index contributed by atoms with van der Waals surface area (Å²) in [6.07, 6.45) is 7.33. The molecule has 1 fully saturated rings. The van der Waals surface area contributed by atoms with Crippen LogP contribution in [-0.2, 0) is 7.05 Å². The van der Waals surface area contributed by atoms with Crippen LogP contribution in [-0.4, -0.2) is 37.3 Å². The van der Waals surface area contributed by atoms with Gasteiger partial charge in [-0.05, 0) is 25.0 Å². The monoisotopic (exact) mass is 311 g/mol. The highest BCUT2D eigenvalue weighted by atomic mass is 16.3. The van der Waals surface area contributed by atoms with Crippen molar-refractivity contribution in [3.63, 3.8) is 0 Å². The molecule has 1 amide bonds. The Hall–Kier alpha value is -2.83. The van der Waals surface area contributed by atoms with E-state index >= 15 is 0 Å². The van der Waals surface area contributed by atoms with Crippen molar-refractivity contribution in [1.82, 2.24) is 24.9 Å². The lowest BCUT2D eigenvalue weighted by Crippen LogP contribution is -2.30. The summed E-state index contributed by atoms with van der Waals surface area (Å²) in [5, 5.41) is 11.2. The zero-order chi connectivity index (χ0) is 15.8. The van der Waals surface area contributed by atoms with Crippen LogP contribution in [0, 0.1) is 0 Å². The number of furan rings is 1. The summed E-state index contributed by atoms with van der Waals surface area (Å²) in [5.41, 5.74) is 2.18. The highest BCUT2D eigenvalue weighted by Crippen LogP contribution is 2.33. The molecule has 1 aliphatic heterocycles. The molecule has 1 N–H and O–H groups in total. The van der Waals surface area contributed by atoms with E-state index in [0.29, 0.717) is 17.1 Å². The molecule has 1 aliphatic rings. The second-order valence-corrected chi connectivity index (χ2v) is 5.75. The standard InChI is InChI=1S/C16H17N5O2/c1-20-10-11(9-17-20)14-4-2-6-21(14)16(22)13-8-12(18-19-13)15-5-3-7-23-15/h3,5,7-10,14H,2,4,6H2,1H3,(H,18,19)/t14-/m0/s1. The molecule has 4 heterocycles. The van der Waals surface area contributed by atoms with E-state index in [9.17, 15) is 4.79 Å². The topological polar surface area (TPSA) is 80.0 Å². The van der Waals surface area contributed by atoms with Crippen molar-refractivity contribution in [3.05, 3.63) is 48.1 Å². The molecule has 3 aromatic rings. The average Bonchev–Trinajstić information content (AvgIpc) is 3.31. The van der Waals surface area contributed by atoms with Crippen molar-refractivity contribution in [2.75, 3.05) is 6.54 Å². The van der Waals surface area contributed by atoms with E-state index in [2.05, 4.69) is 15.3 Å². The molecule has 0 spiro atoms. The molecular weight excluding hydrogens is 294 g/mol. The molecule has 0 bridgehead atoms. The van der Waals surface area contributed by atoms with Gasteiger partial charge >= 0.3 is 0 Å². The lowest BCUT2D eigenvalue weighted by molar-refractivity contribution is 0.0729. The van der Waals surface area contributed by atoms with E-state index in [0.717, 1.165) is 24.9 Å². The molecule has 0 aliphatic carbocycles. The van der Waals surface area contributed by atoms with Gasteiger partial charge in [-0.15, -0.1) is 0 Å². The Morgan fingerprint density at radius 2 is 2.39 bits per heavy atom. The van der Waals surface area contributed by atoms with E-state index in [1.807, 2.05) is 30.4 Å². The molecular formula is C16H17N5O2. The second kappa shape index (κ2) is 5.42. The number of aryl methyl sites for hydroxylation is 1. The lowest BCUT2D eigenvalue weighted by atomic mass is 10.1. The Labute approximate surface area is 132 Å². The Balaban J connectivity index is 1.58. The van der Waals surface area contributed by atoms with Crippen molar-refractivity contribution in [3.8, 4) is 11.5 Å². The number of H-pyrrole nitrogens is 1. The van der Waals surface area contributed by atoms with Crippen molar-refractivity contribution < 1.29 is 9.21 Å². The van der Waals surface area contributed by atoms with Crippen LogP contribution in [0.25, 0.3) is 11.5 Å². The quantitative estimate of drug-likeness (QED) is 0.805. The molecule has 7 heteroatoms. The van der Waals surface area contributed by atoms with Crippen molar-refractivity contribution >= 4 is 5.91 Å². The van der Waals surface area contributed by atoms with Crippen molar-refractivity contribution in [2.24, 2.45) is 7.05 Å². The Morgan fingerprint density at radius 1 is 1.48 bits per heavy atom. The number of nitrogens with zero attached hydrogens (tertiary/aromatic N) is 4. The summed E-state index contributed by atoms with van der Waals surface area (Å²) in [7, 11) is 1.88. The van der Waals surface area contributed by atoms with Crippen LogP contribution in [0.4, 0.5) is 0 Å². The minimum atomic E-state index is -0.0644. The van der Waals surface area contributed by atoms with Crippen molar-refractivity contribution in [2.45, 2.75) is 18.9 Å². The molecule has 1 saturated heterocycles. The van der Waals surface area contributed by atoms with Gasteiger partial charge in [0.25, 0.3) is 5.91 Å². The van der Waals surface area contributed by atoms with Gasteiger partial charge in [0.15, 0.2) is 11.5 Å². The first-order chi connectivity index (χ1) is 11.2. The maximum atomic E-state index is 12.8. The van der Waals surface area contributed by atoms with E-state index in [-0.39, 0.29) is 11.9 Å². The lowest BCUT2D eigenvalue weighted by Gasteiger charge is -2.22. The molecule has 118 valence electrons. The van der Waals surface area contributed by atoms with Gasteiger partial charge in [0.2, 0.25) is 0 Å². The van der Waals surface area contributed by atoms with Gasteiger partial charge in [-0.25, -0.2) is 0 Å². The van der Waals surface area contributed by atoms with Gasteiger partial charge < -0.3 is 9.32 Å². The number of aromatic amines is 1. The Morgan fingerprint density at radius 3 is 3.13 bits per heavy atom. The minimum Gasteiger partial charge on any atom is -0.463 e. The number of hydrogen-bond acceptors (Lipinski definition) is 4. The number of nitrogens with one attached hydrogen (secondary N) is 1. The third-order valence-corrected chi connectivity index (χ3v) is 4.21. The van der Waals surface area contributed by atoms with Gasteiger partial charge in [0.1, 0.15) is 5.69 Å². The average molecular weight is 311 g/mol. The summed E-state index contributed by atoms with van der Waals surface area (Å²) in [4.78, 5) is 14.7. The predicted octanol–water partition coefficient (Wildman–Crippen LogP) is 2.38. The molecule has 1 atom stereocenters. The highest BCUT2D eigenvalue weighted by molar-refractivity contribution is 5.93.